The number of aromatic nitrogens is 3. The van der Waals surface area contributed by atoms with Crippen LogP contribution in [0.2, 0.25) is 0 Å². The number of rotatable bonds is 5. The summed E-state index contributed by atoms with van der Waals surface area (Å²) >= 11 is 3.47. The van der Waals surface area contributed by atoms with Gasteiger partial charge >= 0.3 is 5.97 Å². The number of carbonyl (C=O) groups excluding carboxylic acids is 1. The van der Waals surface area contributed by atoms with E-state index >= 15 is 0 Å². The molecule has 0 N–H and O–H groups in total. The van der Waals surface area contributed by atoms with E-state index in [1.54, 1.807) is 12.4 Å². The number of hydrogen-bond acceptors (Lipinski definition) is 4. The fraction of sp³-hybridized carbons (Fsp3) is 0.316. The van der Waals surface area contributed by atoms with Crippen molar-refractivity contribution in [3.63, 3.8) is 0 Å². The van der Waals surface area contributed by atoms with E-state index in [1.165, 1.54) is 0 Å². The Morgan fingerprint density at radius 2 is 2.08 bits per heavy atom. The molecular weight excluding hydrogens is 382 g/mol. The first kappa shape index (κ1) is 17.6. The van der Waals surface area contributed by atoms with Crippen molar-refractivity contribution in [3.05, 3.63) is 46.5 Å². The Bertz CT molecular complexity index is 934. The number of nitrogens with zero attached hydrogens (tertiary/aromatic N) is 3. The third-order valence-electron chi connectivity index (χ3n) is 4.02. The molecule has 3 rings (SSSR count). The lowest BCUT2D eigenvalue weighted by molar-refractivity contribution is -0.134. The molecule has 0 saturated heterocycles. The van der Waals surface area contributed by atoms with Crippen molar-refractivity contribution in [2.75, 3.05) is 0 Å². The number of pyridine rings is 1. The molecule has 3 aromatic heterocycles. The maximum absolute atomic E-state index is 12.1. The van der Waals surface area contributed by atoms with E-state index in [1.807, 2.05) is 36.6 Å². The van der Waals surface area contributed by atoms with Gasteiger partial charge in [-0.15, -0.1) is 0 Å². The average Bonchev–Trinajstić information content (AvgIpc) is 2.98. The average molecular weight is 402 g/mol. The van der Waals surface area contributed by atoms with Gasteiger partial charge in [-0.3, -0.25) is 9.78 Å². The second-order valence-corrected chi connectivity index (χ2v) is 6.80. The minimum atomic E-state index is -0.247. The highest BCUT2D eigenvalue weighted by molar-refractivity contribution is 9.10. The molecule has 0 unspecified atom stereocenters. The monoisotopic (exact) mass is 401 g/mol. The maximum atomic E-state index is 12.1. The Kier molecular flexibility index (Phi) is 5.18. The van der Waals surface area contributed by atoms with Crippen LogP contribution < -0.4 is 4.74 Å². The van der Waals surface area contributed by atoms with E-state index in [-0.39, 0.29) is 5.97 Å². The van der Waals surface area contributed by atoms with Gasteiger partial charge in [0.1, 0.15) is 5.69 Å². The van der Waals surface area contributed by atoms with Crippen LogP contribution in [0.1, 0.15) is 38.1 Å². The summed E-state index contributed by atoms with van der Waals surface area (Å²) in [6.07, 6.45) is 5.49. The van der Waals surface area contributed by atoms with Crippen LogP contribution >= 0.6 is 15.9 Å². The minimum Gasteiger partial charge on any atom is -0.424 e. The van der Waals surface area contributed by atoms with Crippen molar-refractivity contribution in [1.82, 2.24) is 14.6 Å². The summed E-state index contributed by atoms with van der Waals surface area (Å²) in [7, 11) is 0. The molecule has 3 aromatic rings. The standard InChI is InChI=1S/C19H20BrN3O2/c1-4-6-17(24)25-19-12(3)22-23-15(5-2)7-8-16(23)18(19)13-9-14(20)11-21-10-13/h7-11H,4-6H2,1-3H3. The fourth-order valence-electron chi connectivity index (χ4n) is 2.86. The zero-order valence-corrected chi connectivity index (χ0v) is 16.1. The quantitative estimate of drug-likeness (QED) is 0.579. The smallest absolute Gasteiger partial charge is 0.311 e. The highest BCUT2D eigenvalue weighted by Crippen LogP contribution is 2.37. The number of esters is 1. The molecule has 0 saturated carbocycles. The SMILES string of the molecule is CCCC(=O)Oc1c(C)nn2c(CC)ccc2c1-c1cncc(Br)c1. The lowest BCUT2D eigenvalue weighted by Gasteiger charge is -2.15. The van der Waals surface area contributed by atoms with Gasteiger partial charge in [-0.1, -0.05) is 13.8 Å². The Labute approximate surface area is 155 Å². The zero-order chi connectivity index (χ0) is 18.0. The topological polar surface area (TPSA) is 56.5 Å². The first-order chi connectivity index (χ1) is 12.0. The number of carbonyl (C=O) groups is 1. The van der Waals surface area contributed by atoms with Crippen molar-refractivity contribution < 1.29 is 9.53 Å². The summed E-state index contributed by atoms with van der Waals surface area (Å²) < 4.78 is 8.49. The van der Waals surface area contributed by atoms with Crippen LogP contribution in [-0.4, -0.2) is 20.6 Å². The Morgan fingerprint density at radius 3 is 2.76 bits per heavy atom. The van der Waals surface area contributed by atoms with E-state index in [4.69, 9.17) is 4.74 Å². The van der Waals surface area contributed by atoms with E-state index < -0.39 is 0 Å². The lowest BCUT2D eigenvalue weighted by Crippen LogP contribution is -2.11. The molecule has 0 aliphatic rings. The second kappa shape index (κ2) is 7.35. The number of halogens is 1. The molecule has 0 radical (unpaired) electrons. The molecule has 0 aromatic carbocycles. The number of fused-ring (bicyclic) bond motifs is 1. The first-order valence-electron chi connectivity index (χ1n) is 8.38. The van der Waals surface area contributed by atoms with E-state index in [0.29, 0.717) is 17.9 Å². The van der Waals surface area contributed by atoms with Crippen molar-refractivity contribution in [1.29, 1.82) is 0 Å². The van der Waals surface area contributed by atoms with Gasteiger partial charge in [0.05, 0.1) is 11.1 Å². The Morgan fingerprint density at radius 1 is 1.28 bits per heavy atom. The van der Waals surface area contributed by atoms with Crippen LogP contribution in [-0.2, 0) is 11.2 Å². The summed E-state index contributed by atoms with van der Waals surface area (Å²) in [4.78, 5) is 16.4. The Balaban J connectivity index is 2.28. The molecule has 0 atom stereocenters. The molecule has 6 heteroatoms. The fourth-order valence-corrected chi connectivity index (χ4v) is 3.22. The molecule has 0 fully saturated rings. The number of hydrogen-bond donors (Lipinski definition) is 0. The van der Waals surface area contributed by atoms with Crippen LogP contribution in [0.4, 0.5) is 0 Å². The molecule has 3 heterocycles. The van der Waals surface area contributed by atoms with Gasteiger partial charge in [0.2, 0.25) is 0 Å². The van der Waals surface area contributed by atoms with Crippen molar-refractivity contribution in [2.24, 2.45) is 0 Å². The molecule has 0 spiro atoms. The van der Waals surface area contributed by atoms with Crippen LogP contribution in [0.3, 0.4) is 0 Å². The highest BCUT2D eigenvalue weighted by Gasteiger charge is 2.20. The summed E-state index contributed by atoms with van der Waals surface area (Å²) in [6, 6.07) is 6.03. The van der Waals surface area contributed by atoms with Gasteiger partial charge in [-0.2, -0.15) is 5.10 Å². The zero-order valence-electron chi connectivity index (χ0n) is 14.5. The first-order valence-corrected chi connectivity index (χ1v) is 9.17. The number of aryl methyl sites for hydroxylation is 2. The molecule has 5 nitrogen and oxygen atoms in total. The van der Waals surface area contributed by atoms with Crippen molar-refractivity contribution >= 4 is 27.4 Å². The Hall–Kier alpha value is -2.21. The van der Waals surface area contributed by atoms with Crippen LogP contribution in [0, 0.1) is 6.92 Å². The van der Waals surface area contributed by atoms with Gasteiger partial charge in [-0.25, -0.2) is 4.52 Å². The third kappa shape index (κ3) is 3.44. The molecule has 25 heavy (non-hydrogen) atoms. The molecule has 0 amide bonds. The van der Waals surface area contributed by atoms with Gasteiger partial charge in [0, 0.05) is 34.5 Å². The van der Waals surface area contributed by atoms with Gasteiger partial charge in [-0.05, 0) is 53.9 Å². The molecular formula is C19H20BrN3O2. The van der Waals surface area contributed by atoms with E-state index in [9.17, 15) is 4.79 Å². The summed E-state index contributed by atoms with van der Waals surface area (Å²) in [6.45, 7) is 5.91. The normalized spacial score (nSPS) is 11.0. The molecule has 0 aliphatic carbocycles. The van der Waals surface area contributed by atoms with Crippen molar-refractivity contribution in [3.8, 4) is 16.9 Å². The summed E-state index contributed by atoms with van der Waals surface area (Å²) in [5.41, 5.74) is 4.41. The maximum Gasteiger partial charge on any atom is 0.311 e. The largest absolute Gasteiger partial charge is 0.424 e. The van der Waals surface area contributed by atoms with E-state index in [2.05, 4.69) is 32.9 Å². The summed E-state index contributed by atoms with van der Waals surface area (Å²) in [5, 5.41) is 4.64. The van der Waals surface area contributed by atoms with Gasteiger partial charge < -0.3 is 4.74 Å². The molecule has 130 valence electrons. The molecule has 0 bridgehead atoms. The van der Waals surface area contributed by atoms with Crippen LogP contribution in [0.15, 0.2) is 35.1 Å². The van der Waals surface area contributed by atoms with E-state index in [0.717, 1.165) is 39.7 Å². The molecule has 0 aliphatic heterocycles. The lowest BCUT2D eigenvalue weighted by atomic mass is 10.1. The predicted octanol–water partition coefficient (Wildman–Crippen LogP) is 4.74. The second-order valence-electron chi connectivity index (χ2n) is 5.88. The van der Waals surface area contributed by atoms with Crippen LogP contribution in [0.5, 0.6) is 5.75 Å². The third-order valence-corrected chi connectivity index (χ3v) is 4.46. The van der Waals surface area contributed by atoms with Crippen molar-refractivity contribution in [2.45, 2.75) is 40.0 Å². The minimum absolute atomic E-state index is 0.247. The predicted molar refractivity (Wildman–Crippen MR) is 101 cm³/mol. The highest BCUT2D eigenvalue weighted by atomic mass is 79.9. The number of ether oxygens (including phenoxy) is 1. The van der Waals surface area contributed by atoms with Crippen LogP contribution in [0.25, 0.3) is 16.6 Å². The van der Waals surface area contributed by atoms with Gasteiger partial charge in [0.15, 0.2) is 5.75 Å². The van der Waals surface area contributed by atoms with Gasteiger partial charge in [0.25, 0.3) is 0 Å². The summed E-state index contributed by atoms with van der Waals surface area (Å²) in [5.74, 6) is 0.259.